The van der Waals surface area contributed by atoms with Crippen LogP contribution in [0.15, 0.2) is 42.5 Å². The minimum Gasteiger partial charge on any atom is -0.482 e. The van der Waals surface area contributed by atoms with Gasteiger partial charge in [0, 0.05) is 10.6 Å². The SMILES string of the molecule is C[C@H](OC(=O)COc1ccc(C=O)cc1)C(=O)Nc1ccc(Cl)cc1F. The van der Waals surface area contributed by atoms with Gasteiger partial charge in [0.1, 0.15) is 17.9 Å². The number of amides is 1. The first-order valence-corrected chi connectivity index (χ1v) is 7.90. The largest absolute Gasteiger partial charge is 0.482 e. The van der Waals surface area contributed by atoms with Gasteiger partial charge in [0.15, 0.2) is 12.7 Å². The maximum atomic E-state index is 13.7. The second-order valence-electron chi connectivity index (χ2n) is 5.22. The number of aldehydes is 1. The number of esters is 1. The summed E-state index contributed by atoms with van der Waals surface area (Å²) in [5, 5.41) is 2.50. The number of hydrogen-bond donors (Lipinski definition) is 1. The third-order valence-corrected chi connectivity index (χ3v) is 3.47. The summed E-state index contributed by atoms with van der Waals surface area (Å²) in [6.45, 7) is 0.924. The number of halogens is 2. The zero-order chi connectivity index (χ0) is 19.1. The average Bonchev–Trinajstić information content (AvgIpc) is 2.62. The lowest BCUT2D eigenvalue weighted by Gasteiger charge is -2.14. The molecule has 1 N–H and O–H groups in total. The van der Waals surface area contributed by atoms with Crippen molar-refractivity contribution in [2.24, 2.45) is 0 Å². The molecule has 0 aliphatic rings. The van der Waals surface area contributed by atoms with E-state index in [0.717, 1.165) is 6.07 Å². The molecule has 0 bridgehead atoms. The van der Waals surface area contributed by atoms with Crippen molar-refractivity contribution in [3.8, 4) is 5.75 Å². The number of carbonyl (C=O) groups excluding carboxylic acids is 3. The fourth-order valence-electron chi connectivity index (χ4n) is 1.89. The molecule has 0 saturated heterocycles. The van der Waals surface area contributed by atoms with E-state index in [2.05, 4.69) is 5.32 Å². The Morgan fingerprint density at radius 2 is 1.92 bits per heavy atom. The van der Waals surface area contributed by atoms with Gasteiger partial charge in [-0.3, -0.25) is 9.59 Å². The summed E-state index contributed by atoms with van der Waals surface area (Å²) < 4.78 is 23.8. The van der Waals surface area contributed by atoms with Crippen molar-refractivity contribution in [1.82, 2.24) is 0 Å². The van der Waals surface area contributed by atoms with Gasteiger partial charge in [-0.05, 0) is 49.4 Å². The van der Waals surface area contributed by atoms with Gasteiger partial charge in [-0.25, -0.2) is 9.18 Å². The first kappa shape index (κ1) is 19.4. The van der Waals surface area contributed by atoms with Crippen molar-refractivity contribution in [3.05, 3.63) is 58.9 Å². The minimum atomic E-state index is -1.15. The minimum absolute atomic E-state index is 0.0752. The molecule has 2 rings (SSSR count). The molecule has 0 radical (unpaired) electrons. The number of ether oxygens (including phenoxy) is 2. The van der Waals surface area contributed by atoms with Crippen molar-refractivity contribution in [2.45, 2.75) is 13.0 Å². The lowest BCUT2D eigenvalue weighted by atomic mass is 10.2. The van der Waals surface area contributed by atoms with Crippen LogP contribution in [0.4, 0.5) is 10.1 Å². The fraction of sp³-hybridized carbons (Fsp3) is 0.167. The molecule has 0 aliphatic carbocycles. The highest BCUT2D eigenvalue weighted by Gasteiger charge is 2.19. The summed E-state index contributed by atoms with van der Waals surface area (Å²) in [4.78, 5) is 34.3. The van der Waals surface area contributed by atoms with Crippen LogP contribution >= 0.6 is 11.6 Å². The van der Waals surface area contributed by atoms with Gasteiger partial charge in [-0.2, -0.15) is 0 Å². The highest BCUT2D eigenvalue weighted by atomic mass is 35.5. The summed E-state index contributed by atoms with van der Waals surface area (Å²) in [6.07, 6.45) is -0.472. The Morgan fingerprint density at radius 1 is 1.23 bits per heavy atom. The smallest absolute Gasteiger partial charge is 0.344 e. The Hall–Kier alpha value is -2.93. The van der Waals surface area contributed by atoms with Crippen LogP contribution in [0, 0.1) is 5.82 Å². The van der Waals surface area contributed by atoms with Gasteiger partial charge >= 0.3 is 5.97 Å². The summed E-state index contributed by atoms with van der Waals surface area (Å²) in [5.74, 6) is -1.81. The normalized spacial score (nSPS) is 11.3. The van der Waals surface area contributed by atoms with Crippen LogP contribution < -0.4 is 10.1 Å². The van der Waals surface area contributed by atoms with E-state index >= 15 is 0 Å². The molecular weight excluding hydrogens is 365 g/mol. The lowest BCUT2D eigenvalue weighted by molar-refractivity contribution is -0.155. The van der Waals surface area contributed by atoms with Crippen LogP contribution in [-0.2, 0) is 14.3 Å². The van der Waals surface area contributed by atoms with Crippen molar-refractivity contribution in [1.29, 1.82) is 0 Å². The number of carbonyl (C=O) groups is 3. The highest BCUT2D eigenvalue weighted by molar-refractivity contribution is 6.30. The fourth-order valence-corrected chi connectivity index (χ4v) is 2.05. The number of nitrogens with one attached hydrogen (secondary N) is 1. The third-order valence-electron chi connectivity index (χ3n) is 3.24. The quantitative estimate of drug-likeness (QED) is 0.590. The molecule has 0 fully saturated rings. The van der Waals surface area contributed by atoms with E-state index < -0.39 is 30.4 Å². The topological polar surface area (TPSA) is 81.7 Å². The van der Waals surface area contributed by atoms with Gasteiger partial charge in [0.25, 0.3) is 5.91 Å². The van der Waals surface area contributed by atoms with E-state index in [0.29, 0.717) is 17.6 Å². The van der Waals surface area contributed by atoms with Crippen molar-refractivity contribution < 1.29 is 28.2 Å². The highest BCUT2D eigenvalue weighted by Crippen LogP contribution is 2.19. The molecule has 0 saturated carbocycles. The number of rotatable bonds is 7. The predicted octanol–water partition coefficient (Wildman–Crippen LogP) is 3.24. The Morgan fingerprint density at radius 3 is 2.54 bits per heavy atom. The average molecular weight is 380 g/mol. The second-order valence-corrected chi connectivity index (χ2v) is 5.66. The number of benzene rings is 2. The summed E-state index contributed by atoms with van der Waals surface area (Å²) in [7, 11) is 0. The van der Waals surface area contributed by atoms with Gasteiger partial charge in [0.2, 0.25) is 0 Å². The summed E-state index contributed by atoms with van der Waals surface area (Å²) in [5.41, 5.74) is 0.397. The Labute approximate surface area is 153 Å². The van der Waals surface area contributed by atoms with Crippen LogP contribution in [0.3, 0.4) is 0 Å². The van der Waals surface area contributed by atoms with E-state index in [4.69, 9.17) is 21.1 Å². The lowest BCUT2D eigenvalue weighted by Crippen LogP contribution is -2.31. The number of anilines is 1. The number of hydrogen-bond acceptors (Lipinski definition) is 5. The molecule has 2 aromatic carbocycles. The van der Waals surface area contributed by atoms with Gasteiger partial charge < -0.3 is 14.8 Å². The molecule has 136 valence electrons. The van der Waals surface area contributed by atoms with Crippen molar-refractivity contribution in [2.75, 3.05) is 11.9 Å². The van der Waals surface area contributed by atoms with E-state index in [9.17, 15) is 18.8 Å². The molecule has 0 aliphatic heterocycles. The zero-order valence-corrected chi connectivity index (χ0v) is 14.5. The van der Waals surface area contributed by atoms with Gasteiger partial charge in [0.05, 0.1) is 5.69 Å². The molecule has 2 aromatic rings. The first-order valence-electron chi connectivity index (χ1n) is 7.52. The molecule has 8 heteroatoms. The maximum Gasteiger partial charge on any atom is 0.344 e. The van der Waals surface area contributed by atoms with E-state index in [-0.39, 0.29) is 10.7 Å². The maximum absolute atomic E-state index is 13.7. The predicted molar refractivity (Wildman–Crippen MR) is 92.9 cm³/mol. The molecule has 0 aromatic heterocycles. The van der Waals surface area contributed by atoms with Crippen LogP contribution in [-0.4, -0.2) is 30.9 Å². The monoisotopic (exact) mass is 379 g/mol. The van der Waals surface area contributed by atoms with Crippen LogP contribution in [0.5, 0.6) is 5.75 Å². The summed E-state index contributed by atoms with van der Waals surface area (Å²) >= 11 is 5.63. The van der Waals surface area contributed by atoms with Crippen LogP contribution in [0.25, 0.3) is 0 Å². The van der Waals surface area contributed by atoms with Gasteiger partial charge in [-0.15, -0.1) is 0 Å². The first-order chi connectivity index (χ1) is 12.4. The molecule has 1 atom stereocenters. The van der Waals surface area contributed by atoms with Gasteiger partial charge in [-0.1, -0.05) is 11.6 Å². The zero-order valence-electron chi connectivity index (χ0n) is 13.7. The van der Waals surface area contributed by atoms with Crippen LogP contribution in [0.1, 0.15) is 17.3 Å². The molecule has 0 spiro atoms. The summed E-state index contributed by atoms with van der Waals surface area (Å²) in [6, 6.07) is 9.89. The Kier molecular flexibility index (Phi) is 6.68. The molecular formula is C18H15ClFNO5. The van der Waals surface area contributed by atoms with E-state index in [1.807, 2.05) is 0 Å². The molecule has 1 amide bonds. The molecule has 0 heterocycles. The third kappa shape index (κ3) is 5.56. The van der Waals surface area contributed by atoms with E-state index in [1.54, 1.807) is 0 Å². The van der Waals surface area contributed by atoms with E-state index in [1.165, 1.54) is 43.3 Å². The standard InChI is InChI=1S/C18H15ClFNO5/c1-11(18(24)21-16-7-4-13(19)8-15(16)20)26-17(23)10-25-14-5-2-12(9-22)3-6-14/h2-9,11H,10H2,1H3,(H,21,24)/t11-/m0/s1. The second kappa shape index (κ2) is 8.96. The molecule has 26 heavy (non-hydrogen) atoms. The van der Waals surface area contributed by atoms with Crippen LogP contribution in [0.2, 0.25) is 5.02 Å². The Bertz CT molecular complexity index is 810. The molecule has 0 unspecified atom stereocenters. The Balaban J connectivity index is 1.83. The van der Waals surface area contributed by atoms with Crippen molar-refractivity contribution in [3.63, 3.8) is 0 Å². The molecule has 6 nitrogen and oxygen atoms in total. The van der Waals surface area contributed by atoms with Crippen molar-refractivity contribution >= 4 is 35.5 Å².